The first-order valence-electron chi connectivity index (χ1n) is 6.59. The van der Waals surface area contributed by atoms with Crippen LogP contribution in [0.2, 0.25) is 0 Å². The van der Waals surface area contributed by atoms with Gasteiger partial charge in [-0.15, -0.1) is 5.10 Å². The van der Waals surface area contributed by atoms with Crippen LogP contribution >= 0.6 is 0 Å². The number of aryl methyl sites for hydroxylation is 1. The van der Waals surface area contributed by atoms with Crippen LogP contribution in [0.5, 0.6) is 0 Å². The third-order valence-electron chi connectivity index (χ3n) is 3.57. The summed E-state index contributed by atoms with van der Waals surface area (Å²) in [6, 6.07) is -0.0485. The quantitative estimate of drug-likeness (QED) is 0.791. The Kier molecular flexibility index (Phi) is 2.72. The average Bonchev–Trinajstić information content (AvgIpc) is 3.02. The first-order valence-corrected chi connectivity index (χ1v) is 6.59. The van der Waals surface area contributed by atoms with Gasteiger partial charge < -0.3 is 9.32 Å². The lowest BCUT2D eigenvalue weighted by Crippen LogP contribution is -2.33. The summed E-state index contributed by atoms with van der Waals surface area (Å²) in [4.78, 5) is 25.8. The molecule has 1 saturated carbocycles. The molecule has 1 saturated heterocycles. The second-order valence-electron chi connectivity index (χ2n) is 5.02. The maximum absolute atomic E-state index is 12.2. The lowest BCUT2D eigenvalue weighted by molar-refractivity contribution is -0.131. The van der Waals surface area contributed by atoms with E-state index in [9.17, 15) is 9.59 Å². The van der Waals surface area contributed by atoms with Crippen LogP contribution in [0.3, 0.4) is 0 Å². The number of amides is 1. The van der Waals surface area contributed by atoms with E-state index in [4.69, 9.17) is 4.42 Å². The molecule has 1 aromatic rings. The van der Waals surface area contributed by atoms with Crippen LogP contribution in [0.1, 0.15) is 44.5 Å². The highest BCUT2D eigenvalue weighted by atomic mass is 16.4. The molecule has 3 rings (SSSR count). The fourth-order valence-corrected chi connectivity index (χ4v) is 2.50. The van der Waals surface area contributed by atoms with Gasteiger partial charge >= 0.3 is 5.76 Å². The summed E-state index contributed by atoms with van der Waals surface area (Å²) in [6.45, 7) is 2.73. The van der Waals surface area contributed by atoms with Crippen molar-refractivity contribution in [3.63, 3.8) is 0 Å². The standard InChI is InChI=1S/C12H17N3O3/c1-2-3-10-13-15(12(17)18-10)9-6-7-14(11(9)16)8-4-5-8/h8-9H,2-7H2,1H3. The molecule has 98 valence electrons. The highest BCUT2D eigenvalue weighted by Gasteiger charge is 2.42. The van der Waals surface area contributed by atoms with E-state index in [2.05, 4.69) is 5.10 Å². The molecule has 0 N–H and O–H groups in total. The molecule has 1 unspecified atom stereocenters. The maximum atomic E-state index is 12.2. The zero-order chi connectivity index (χ0) is 12.7. The Labute approximate surface area is 105 Å². The first kappa shape index (κ1) is 11.5. The van der Waals surface area contributed by atoms with Crippen LogP contribution in [0.25, 0.3) is 0 Å². The number of aromatic nitrogens is 2. The highest BCUT2D eigenvalue weighted by molar-refractivity contribution is 5.83. The number of rotatable bonds is 4. The van der Waals surface area contributed by atoms with E-state index in [0.717, 1.165) is 25.8 Å². The molecule has 0 radical (unpaired) electrons. The van der Waals surface area contributed by atoms with E-state index in [-0.39, 0.29) is 5.91 Å². The van der Waals surface area contributed by atoms with Gasteiger partial charge in [0, 0.05) is 19.0 Å². The van der Waals surface area contributed by atoms with E-state index >= 15 is 0 Å². The van der Waals surface area contributed by atoms with Crippen molar-refractivity contribution in [2.24, 2.45) is 0 Å². The molecule has 6 nitrogen and oxygen atoms in total. The Hall–Kier alpha value is -1.59. The van der Waals surface area contributed by atoms with Gasteiger partial charge in [-0.3, -0.25) is 4.79 Å². The van der Waals surface area contributed by atoms with E-state index in [0.29, 0.717) is 24.8 Å². The van der Waals surface area contributed by atoms with Crippen LogP contribution in [0.15, 0.2) is 9.21 Å². The lowest BCUT2D eigenvalue weighted by Gasteiger charge is -2.14. The summed E-state index contributed by atoms with van der Waals surface area (Å²) in [5.41, 5.74) is 0. The number of hydrogen-bond acceptors (Lipinski definition) is 4. The second-order valence-corrected chi connectivity index (χ2v) is 5.02. The highest BCUT2D eigenvalue weighted by Crippen LogP contribution is 2.33. The Morgan fingerprint density at radius 1 is 1.33 bits per heavy atom. The van der Waals surface area contributed by atoms with Gasteiger partial charge in [0.15, 0.2) is 0 Å². The lowest BCUT2D eigenvalue weighted by atomic mass is 10.2. The Morgan fingerprint density at radius 3 is 2.78 bits per heavy atom. The van der Waals surface area contributed by atoms with Gasteiger partial charge in [-0.1, -0.05) is 6.92 Å². The number of nitrogens with zero attached hydrogens (tertiary/aromatic N) is 3. The number of hydrogen-bond donors (Lipinski definition) is 0. The fourth-order valence-electron chi connectivity index (χ4n) is 2.50. The van der Waals surface area contributed by atoms with Gasteiger partial charge in [-0.25, -0.2) is 4.79 Å². The van der Waals surface area contributed by atoms with Crippen molar-refractivity contribution in [2.45, 2.75) is 51.1 Å². The summed E-state index contributed by atoms with van der Waals surface area (Å²) in [5.74, 6) is -0.0504. The molecule has 2 heterocycles. The Balaban J connectivity index is 1.82. The van der Waals surface area contributed by atoms with Crippen LogP contribution in [-0.4, -0.2) is 33.2 Å². The zero-order valence-corrected chi connectivity index (χ0v) is 10.5. The van der Waals surface area contributed by atoms with E-state index in [1.165, 1.54) is 4.68 Å². The van der Waals surface area contributed by atoms with Crippen LogP contribution in [-0.2, 0) is 11.2 Å². The molecule has 1 atom stereocenters. The molecule has 2 aliphatic rings. The van der Waals surface area contributed by atoms with Gasteiger partial charge in [0.05, 0.1) is 0 Å². The minimum Gasteiger partial charge on any atom is -0.392 e. The molecule has 0 bridgehead atoms. The van der Waals surface area contributed by atoms with Crippen molar-refractivity contribution in [1.29, 1.82) is 0 Å². The molecular formula is C12H17N3O3. The van der Waals surface area contributed by atoms with E-state index in [1.54, 1.807) is 0 Å². The van der Waals surface area contributed by atoms with Crippen LogP contribution in [0.4, 0.5) is 0 Å². The smallest absolute Gasteiger partial charge is 0.392 e. The Bertz CT molecular complexity index is 515. The molecule has 0 spiro atoms. The minimum absolute atomic E-state index is 0.0240. The van der Waals surface area contributed by atoms with Crippen molar-refractivity contribution >= 4 is 5.91 Å². The molecule has 1 amide bonds. The molecular weight excluding hydrogens is 234 g/mol. The van der Waals surface area contributed by atoms with Gasteiger partial charge in [0.2, 0.25) is 11.8 Å². The third kappa shape index (κ3) is 1.85. The summed E-state index contributed by atoms with van der Waals surface area (Å²) in [5, 5.41) is 4.14. The first-order chi connectivity index (χ1) is 8.70. The van der Waals surface area contributed by atoms with Gasteiger partial charge in [-0.2, -0.15) is 4.68 Å². The number of carbonyl (C=O) groups excluding carboxylic acids is 1. The summed E-state index contributed by atoms with van der Waals surface area (Å²) in [7, 11) is 0. The molecule has 1 aliphatic heterocycles. The second kappa shape index (κ2) is 4.26. The molecule has 0 aromatic carbocycles. The summed E-state index contributed by atoms with van der Waals surface area (Å²) < 4.78 is 6.28. The van der Waals surface area contributed by atoms with Gasteiger partial charge in [0.25, 0.3) is 0 Å². The van der Waals surface area contributed by atoms with Crippen molar-refractivity contribution in [1.82, 2.24) is 14.7 Å². The van der Waals surface area contributed by atoms with Crippen LogP contribution < -0.4 is 5.76 Å². The van der Waals surface area contributed by atoms with Crippen molar-refractivity contribution < 1.29 is 9.21 Å². The normalized spacial score (nSPS) is 23.9. The van der Waals surface area contributed by atoms with Crippen molar-refractivity contribution in [2.75, 3.05) is 6.54 Å². The molecule has 18 heavy (non-hydrogen) atoms. The largest absolute Gasteiger partial charge is 0.437 e. The molecule has 6 heteroatoms. The number of likely N-dealkylation sites (tertiary alicyclic amines) is 1. The topological polar surface area (TPSA) is 68.3 Å². The average molecular weight is 251 g/mol. The summed E-state index contributed by atoms with van der Waals surface area (Å²) >= 11 is 0. The van der Waals surface area contributed by atoms with E-state index < -0.39 is 11.8 Å². The monoisotopic (exact) mass is 251 g/mol. The van der Waals surface area contributed by atoms with Gasteiger partial charge in [0.1, 0.15) is 6.04 Å². The molecule has 1 aromatic heterocycles. The predicted octanol–water partition coefficient (Wildman–Crippen LogP) is 0.725. The molecule has 2 fully saturated rings. The Morgan fingerprint density at radius 2 is 2.11 bits per heavy atom. The van der Waals surface area contributed by atoms with Crippen molar-refractivity contribution in [3.8, 4) is 0 Å². The maximum Gasteiger partial charge on any atom is 0.437 e. The zero-order valence-electron chi connectivity index (χ0n) is 10.5. The predicted molar refractivity (Wildman–Crippen MR) is 63.1 cm³/mol. The SMILES string of the molecule is CCCc1nn(C2CCN(C3CC3)C2=O)c(=O)o1. The minimum atomic E-state index is -0.505. The van der Waals surface area contributed by atoms with E-state index in [1.807, 2.05) is 11.8 Å². The van der Waals surface area contributed by atoms with Gasteiger partial charge in [-0.05, 0) is 25.7 Å². The van der Waals surface area contributed by atoms with Crippen LogP contribution in [0, 0.1) is 0 Å². The fraction of sp³-hybridized carbons (Fsp3) is 0.750. The third-order valence-corrected chi connectivity index (χ3v) is 3.57. The summed E-state index contributed by atoms with van der Waals surface area (Å²) in [6.07, 6.45) is 4.34. The number of carbonyl (C=O) groups is 1. The molecule has 1 aliphatic carbocycles. The van der Waals surface area contributed by atoms with Crippen molar-refractivity contribution in [3.05, 3.63) is 16.4 Å².